The van der Waals surface area contributed by atoms with Gasteiger partial charge in [0.05, 0.1) is 23.4 Å². The van der Waals surface area contributed by atoms with Crippen molar-refractivity contribution in [2.24, 2.45) is 4.99 Å². The molecule has 0 radical (unpaired) electrons. The Morgan fingerprint density at radius 3 is 2.76 bits per heavy atom. The summed E-state index contributed by atoms with van der Waals surface area (Å²) in [5, 5.41) is 4.85. The predicted octanol–water partition coefficient (Wildman–Crippen LogP) is 4.45. The lowest BCUT2D eigenvalue weighted by atomic mass is 10.0. The van der Waals surface area contributed by atoms with Crippen LogP contribution in [0.25, 0.3) is 17.1 Å². The number of furan rings is 1. The first-order chi connectivity index (χ1) is 16.3. The second-order valence-corrected chi connectivity index (χ2v) is 8.67. The van der Waals surface area contributed by atoms with Gasteiger partial charge in [-0.25, -0.2) is 14.6 Å². The summed E-state index contributed by atoms with van der Waals surface area (Å²) in [7, 11) is 0. The molecule has 2 aliphatic heterocycles. The summed E-state index contributed by atoms with van der Waals surface area (Å²) < 4.78 is 7.64. The Labute approximate surface area is 192 Å². The molecule has 0 amide bonds. The number of hydrogen-bond donors (Lipinski definition) is 0. The Balaban J connectivity index is 1.25. The Kier molecular flexibility index (Phi) is 5.32. The van der Waals surface area contributed by atoms with Gasteiger partial charge in [-0.15, -0.1) is 0 Å². The molecule has 0 spiro atoms. The van der Waals surface area contributed by atoms with Crippen LogP contribution in [0.2, 0.25) is 0 Å². The lowest BCUT2D eigenvalue weighted by Gasteiger charge is -2.28. The van der Waals surface area contributed by atoms with Crippen LogP contribution in [0, 0.1) is 0 Å². The largest absolute Gasteiger partial charge is 0.463 e. The number of para-hydroxylation sites is 1. The quantitative estimate of drug-likeness (QED) is 0.460. The van der Waals surface area contributed by atoms with Gasteiger partial charge in [-0.2, -0.15) is 5.10 Å². The van der Waals surface area contributed by atoms with Crippen molar-refractivity contribution in [3.05, 3.63) is 83.8 Å². The van der Waals surface area contributed by atoms with Crippen LogP contribution in [-0.4, -0.2) is 43.4 Å². The van der Waals surface area contributed by atoms with Gasteiger partial charge >= 0.3 is 0 Å². The Hall–Kier alpha value is -3.58. The Bertz CT molecular complexity index is 1280. The Morgan fingerprint density at radius 1 is 1.00 bits per heavy atom. The molecule has 7 nitrogen and oxygen atoms in total. The second-order valence-electron chi connectivity index (χ2n) is 8.67. The van der Waals surface area contributed by atoms with Gasteiger partial charge < -0.3 is 4.42 Å². The van der Waals surface area contributed by atoms with E-state index in [1.54, 1.807) is 6.26 Å². The van der Waals surface area contributed by atoms with E-state index in [4.69, 9.17) is 14.5 Å². The van der Waals surface area contributed by atoms with Gasteiger partial charge in [0.2, 0.25) is 0 Å². The molecule has 7 heteroatoms. The van der Waals surface area contributed by atoms with Gasteiger partial charge in [0, 0.05) is 56.1 Å². The minimum Gasteiger partial charge on any atom is -0.463 e. The third-order valence-corrected chi connectivity index (χ3v) is 6.35. The molecule has 0 unspecified atom stereocenters. The van der Waals surface area contributed by atoms with Crippen molar-refractivity contribution in [1.82, 2.24) is 24.6 Å². The summed E-state index contributed by atoms with van der Waals surface area (Å²) in [5.74, 6) is 1.62. The molecule has 0 saturated carbocycles. The van der Waals surface area contributed by atoms with Gasteiger partial charge in [0.15, 0.2) is 11.6 Å². The van der Waals surface area contributed by atoms with Crippen LogP contribution < -0.4 is 0 Å². The van der Waals surface area contributed by atoms with Crippen molar-refractivity contribution in [3.63, 3.8) is 0 Å². The van der Waals surface area contributed by atoms with Crippen LogP contribution in [0.4, 0.5) is 0 Å². The molecule has 1 aromatic carbocycles. The molecule has 2 aliphatic rings. The first kappa shape index (κ1) is 20.1. The van der Waals surface area contributed by atoms with Crippen molar-refractivity contribution in [3.8, 4) is 17.1 Å². The van der Waals surface area contributed by atoms with E-state index in [-0.39, 0.29) is 0 Å². The van der Waals surface area contributed by atoms with Crippen molar-refractivity contribution in [2.45, 2.75) is 38.8 Å². The summed E-state index contributed by atoms with van der Waals surface area (Å²) in [6, 6.07) is 14.1. The van der Waals surface area contributed by atoms with Gasteiger partial charge in [-0.05, 0) is 43.5 Å². The average molecular weight is 439 g/mol. The average Bonchev–Trinajstić information content (AvgIpc) is 3.55. The maximum atomic E-state index is 5.70. The smallest absolute Gasteiger partial charge is 0.173 e. The van der Waals surface area contributed by atoms with Crippen LogP contribution in [0.3, 0.4) is 0 Å². The molecular formula is C26H26N6O. The molecule has 3 aromatic heterocycles. The number of aliphatic imine (C=N–C) groups is 1. The molecule has 0 N–H and O–H groups in total. The van der Waals surface area contributed by atoms with Gasteiger partial charge in [-0.3, -0.25) is 9.89 Å². The molecule has 5 heterocycles. The van der Waals surface area contributed by atoms with Crippen molar-refractivity contribution in [2.75, 3.05) is 13.1 Å². The Morgan fingerprint density at radius 2 is 1.94 bits per heavy atom. The van der Waals surface area contributed by atoms with E-state index in [1.165, 1.54) is 18.4 Å². The minimum atomic E-state index is 0.788. The predicted molar refractivity (Wildman–Crippen MR) is 126 cm³/mol. The molecule has 166 valence electrons. The second kappa shape index (κ2) is 8.75. The maximum Gasteiger partial charge on any atom is 0.173 e. The highest BCUT2D eigenvalue weighted by Crippen LogP contribution is 2.27. The van der Waals surface area contributed by atoms with Crippen LogP contribution in [0.5, 0.6) is 0 Å². The van der Waals surface area contributed by atoms with Gasteiger partial charge in [-0.1, -0.05) is 18.2 Å². The highest BCUT2D eigenvalue weighted by Gasteiger charge is 2.23. The van der Waals surface area contributed by atoms with Crippen LogP contribution in [0.1, 0.15) is 41.9 Å². The summed E-state index contributed by atoms with van der Waals surface area (Å²) >= 11 is 0. The van der Waals surface area contributed by atoms with Crippen molar-refractivity contribution >= 4 is 5.71 Å². The van der Waals surface area contributed by atoms with E-state index in [0.717, 1.165) is 79.0 Å². The molecule has 0 atom stereocenters. The van der Waals surface area contributed by atoms with Crippen LogP contribution >= 0.6 is 0 Å². The summed E-state index contributed by atoms with van der Waals surface area (Å²) in [6.45, 7) is 3.47. The minimum absolute atomic E-state index is 0.788. The molecule has 33 heavy (non-hydrogen) atoms. The zero-order chi connectivity index (χ0) is 22.0. The first-order valence-electron chi connectivity index (χ1n) is 11.6. The van der Waals surface area contributed by atoms with E-state index in [9.17, 15) is 0 Å². The number of aromatic nitrogens is 4. The van der Waals surface area contributed by atoms with E-state index >= 15 is 0 Å². The lowest BCUT2D eigenvalue weighted by molar-refractivity contribution is 0.243. The highest BCUT2D eigenvalue weighted by molar-refractivity contribution is 5.97. The van der Waals surface area contributed by atoms with Crippen LogP contribution in [-0.2, 0) is 19.5 Å². The number of fused-ring (bicyclic) bond motifs is 1. The third-order valence-electron chi connectivity index (χ3n) is 6.35. The number of benzene rings is 1. The maximum absolute atomic E-state index is 5.70. The molecule has 0 saturated heterocycles. The SMILES string of the molecule is c1ccc(-n2cc(CN3CCc4nc(C5=NCCCC5)ncc4C3)c(-c3ccco3)n2)cc1. The molecule has 0 aliphatic carbocycles. The van der Waals surface area contributed by atoms with E-state index in [2.05, 4.69) is 33.2 Å². The molecule has 0 bridgehead atoms. The molecular weight excluding hydrogens is 412 g/mol. The normalized spacial score (nSPS) is 16.4. The van der Waals surface area contributed by atoms with Gasteiger partial charge in [0.25, 0.3) is 0 Å². The number of hydrogen-bond acceptors (Lipinski definition) is 6. The topological polar surface area (TPSA) is 72.3 Å². The van der Waals surface area contributed by atoms with Crippen LogP contribution in [0.15, 0.2) is 70.5 Å². The summed E-state index contributed by atoms with van der Waals surface area (Å²) in [5.41, 5.74) is 6.50. The molecule has 6 rings (SSSR count). The third kappa shape index (κ3) is 4.12. The van der Waals surface area contributed by atoms with E-state index in [0.29, 0.717) is 0 Å². The fourth-order valence-corrected chi connectivity index (χ4v) is 4.63. The summed E-state index contributed by atoms with van der Waals surface area (Å²) in [4.78, 5) is 16.6. The standard InChI is InChI=1S/C26H26N6O/c1-2-7-21(8-3-1)32-18-20(25(30-32)24-10-6-14-33-24)17-31-13-11-22-19(16-31)15-28-26(29-22)23-9-4-5-12-27-23/h1-3,6-8,10,14-15,18H,4-5,9,11-13,16-17H2. The van der Waals surface area contributed by atoms with Gasteiger partial charge in [0.1, 0.15) is 5.69 Å². The van der Waals surface area contributed by atoms with E-state index in [1.807, 2.05) is 41.2 Å². The number of nitrogens with zero attached hydrogens (tertiary/aromatic N) is 6. The molecule has 0 fully saturated rings. The zero-order valence-electron chi connectivity index (χ0n) is 18.5. The fourth-order valence-electron chi connectivity index (χ4n) is 4.63. The van der Waals surface area contributed by atoms with Crippen molar-refractivity contribution < 1.29 is 4.42 Å². The highest BCUT2D eigenvalue weighted by atomic mass is 16.3. The summed E-state index contributed by atoms with van der Waals surface area (Å²) in [6.07, 6.45) is 10.1. The monoisotopic (exact) mass is 438 g/mol. The molecule has 4 aromatic rings. The lowest BCUT2D eigenvalue weighted by Crippen LogP contribution is -2.31. The first-order valence-corrected chi connectivity index (χ1v) is 11.6. The van der Waals surface area contributed by atoms with Crippen molar-refractivity contribution in [1.29, 1.82) is 0 Å². The zero-order valence-corrected chi connectivity index (χ0v) is 18.5. The fraction of sp³-hybridized carbons (Fsp3) is 0.308. The number of rotatable bonds is 5. The van der Waals surface area contributed by atoms with E-state index < -0.39 is 0 Å².